The molecule has 0 radical (unpaired) electrons. The molecule has 0 saturated carbocycles. The van der Waals surface area contributed by atoms with Gasteiger partial charge in [0.05, 0.1) is 10.2 Å². The second-order valence-electron chi connectivity index (χ2n) is 2.01. The van der Waals surface area contributed by atoms with E-state index in [1.807, 2.05) is 0 Å². The van der Waals surface area contributed by atoms with Gasteiger partial charge in [0.2, 0.25) is 0 Å². The van der Waals surface area contributed by atoms with Gasteiger partial charge in [-0.15, -0.1) is 0 Å². The zero-order valence-corrected chi connectivity index (χ0v) is 6.99. The van der Waals surface area contributed by atoms with Crippen LogP contribution in [-0.4, -0.2) is 26.8 Å². The molecule has 0 bridgehead atoms. The average molecular weight is 157 g/mol. The van der Waals surface area contributed by atoms with E-state index in [0.717, 1.165) is 6.92 Å². The molecule has 0 aromatic heterocycles. The largest absolute Gasteiger partial charge is 0.315 e. The molecule has 2 nitrogen and oxygen atoms in total. The van der Waals surface area contributed by atoms with Crippen molar-refractivity contribution in [3.8, 4) is 0 Å². The fourth-order valence-electron chi connectivity index (χ4n) is 0.201. The van der Waals surface area contributed by atoms with Crippen LogP contribution in [0.5, 0.6) is 0 Å². The molecular formula is C3H6F3NOSi. The molecule has 1 unspecified atom stereocenters. The molecule has 0 saturated heterocycles. The maximum Gasteiger partial charge on any atom is 0.315 e. The smallest absolute Gasteiger partial charge is 0.266 e. The number of carbonyl (C=O) groups excluding carboxylic acids is 1. The Hall–Kier alpha value is -0.523. The van der Waals surface area contributed by atoms with Crippen molar-refractivity contribution in [2.24, 2.45) is 0 Å². The number of rotatable bonds is 1. The maximum absolute atomic E-state index is 12.2. The van der Waals surface area contributed by atoms with Gasteiger partial charge >= 0.3 is 5.91 Å². The van der Waals surface area contributed by atoms with Gasteiger partial charge in [0.25, 0.3) is 0 Å². The summed E-state index contributed by atoms with van der Waals surface area (Å²) >= 11 is 0. The Morgan fingerprint density at radius 1 is 1.67 bits per heavy atom. The Labute approximate surface area is 52.9 Å². The quantitative estimate of drug-likeness (QED) is 0.376. The molecule has 0 aromatic rings. The fourth-order valence-corrected chi connectivity index (χ4v) is 0.370. The molecule has 1 amide bonds. The Kier molecular flexibility index (Phi) is 2.24. The number of amides is 1. The average Bonchev–Trinajstić information content (AvgIpc) is 1.62. The van der Waals surface area contributed by atoms with Gasteiger partial charge < -0.3 is 0 Å². The summed E-state index contributed by atoms with van der Waals surface area (Å²) in [5, 5.41) is -4.07. The Morgan fingerprint density at radius 2 is 2.00 bits per heavy atom. The number of hydrogen-bond acceptors (Lipinski definition) is 1. The normalized spacial score (nSPS) is 16.9. The number of carbonyl (C=O) groups is 1. The van der Waals surface area contributed by atoms with Crippen LogP contribution in [-0.2, 0) is 4.79 Å². The molecule has 1 atom stereocenters. The summed E-state index contributed by atoms with van der Waals surface area (Å²) in [5.41, 5.74) is 0. The summed E-state index contributed by atoms with van der Waals surface area (Å²) in [6.07, 6.45) is 0. The lowest BCUT2D eigenvalue weighted by molar-refractivity contribution is -0.194. The molecule has 0 fully saturated rings. The van der Waals surface area contributed by atoms with Gasteiger partial charge in [-0.2, -0.15) is 0 Å². The predicted octanol–water partition coefficient (Wildman–Crippen LogP) is -0.365. The van der Waals surface area contributed by atoms with Crippen LogP contribution in [0.4, 0.5) is 13.4 Å². The van der Waals surface area contributed by atoms with Gasteiger partial charge in [-0.1, -0.05) is 8.96 Å². The lowest BCUT2D eigenvalue weighted by atomic mass is 10.4. The Morgan fingerprint density at radius 3 is 2.00 bits per heavy atom. The molecular weight excluding hydrogens is 151 g/mol. The highest BCUT2D eigenvalue weighted by Gasteiger charge is 2.32. The topological polar surface area (TPSA) is 20.3 Å². The molecule has 0 rings (SSSR count). The zero-order valence-electron chi connectivity index (χ0n) is 4.99. The van der Waals surface area contributed by atoms with E-state index in [4.69, 9.17) is 0 Å². The first-order chi connectivity index (χ1) is 3.85. The van der Waals surface area contributed by atoms with E-state index in [0.29, 0.717) is 0 Å². The van der Waals surface area contributed by atoms with Gasteiger partial charge in [0.1, 0.15) is 0 Å². The second-order valence-corrected chi connectivity index (χ2v) is 3.89. The van der Waals surface area contributed by atoms with Crippen LogP contribution in [0.3, 0.4) is 0 Å². The van der Waals surface area contributed by atoms with Crippen molar-refractivity contribution in [3.05, 3.63) is 0 Å². The minimum atomic E-state index is -2.34. The Bertz CT molecular complexity index is 121. The molecule has 9 heavy (non-hydrogen) atoms. The van der Waals surface area contributed by atoms with E-state index < -0.39 is 16.5 Å². The summed E-state index contributed by atoms with van der Waals surface area (Å²) in [6.45, 7) is 0.827. The third-order valence-electron chi connectivity index (χ3n) is 0.662. The number of hydrogen-bond donors (Lipinski definition) is 0. The van der Waals surface area contributed by atoms with Crippen LogP contribution in [0.25, 0.3) is 0 Å². The van der Waals surface area contributed by atoms with Crippen molar-refractivity contribution >= 4 is 16.1 Å². The maximum atomic E-state index is 12.2. The van der Waals surface area contributed by atoms with Gasteiger partial charge in [-0.05, 0) is 12.3 Å². The zero-order chi connectivity index (χ0) is 7.65. The van der Waals surface area contributed by atoms with Gasteiger partial charge in [-0.3, -0.25) is 4.79 Å². The number of halogens is 3. The number of alkyl halides is 1. The molecule has 0 aliphatic carbocycles. The molecule has 6 heteroatoms. The van der Waals surface area contributed by atoms with E-state index in [1.165, 1.54) is 0 Å². The molecule has 0 N–H and O–H groups in total. The first-order valence-electron chi connectivity index (χ1n) is 2.20. The first-order valence-corrected chi connectivity index (χ1v) is 3.20. The van der Waals surface area contributed by atoms with Crippen LogP contribution >= 0.6 is 0 Å². The molecule has 0 spiro atoms. The van der Waals surface area contributed by atoms with Gasteiger partial charge in [-0.25, -0.2) is 4.39 Å². The van der Waals surface area contributed by atoms with Gasteiger partial charge in [0.15, 0.2) is 5.29 Å². The van der Waals surface area contributed by atoms with Crippen LogP contribution < -0.4 is 0 Å². The SMILES string of the molecule is CC(F)([SiH3])C(=O)N(F)F. The standard InChI is InChI=1S/C3H6F3NOSi/c1-3(4,9)2(8)7(5)6/h1,9H3. The highest BCUT2D eigenvalue weighted by molar-refractivity contribution is 6.26. The van der Waals surface area contributed by atoms with E-state index in [9.17, 15) is 18.1 Å². The lowest BCUT2D eigenvalue weighted by Crippen LogP contribution is -2.37. The van der Waals surface area contributed by atoms with Crippen molar-refractivity contribution in [3.63, 3.8) is 0 Å². The van der Waals surface area contributed by atoms with Crippen LogP contribution in [0.15, 0.2) is 0 Å². The van der Waals surface area contributed by atoms with Gasteiger partial charge in [0, 0.05) is 0 Å². The van der Waals surface area contributed by atoms with Crippen molar-refractivity contribution in [1.29, 1.82) is 0 Å². The summed E-state index contributed by atoms with van der Waals surface area (Å²) in [6, 6.07) is 0. The van der Waals surface area contributed by atoms with E-state index in [1.54, 1.807) is 0 Å². The third-order valence-corrected chi connectivity index (χ3v) is 1.09. The van der Waals surface area contributed by atoms with Crippen LogP contribution in [0.1, 0.15) is 6.92 Å². The molecule has 54 valence electrons. The van der Waals surface area contributed by atoms with Crippen LogP contribution in [0.2, 0.25) is 0 Å². The molecule has 0 aliphatic rings. The second kappa shape index (κ2) is 2.38. The first kappa shape index (κ1) is 8.48. The minimum absolute atomic E-state index is 0.228. The lowest BCUT2D eigenvalue weighted by Gasteiger charge is -2.10. The molecule has 0 aromatic carbocycles. The van der Waals surface area contributed by atoms with E-state index >= 15 is 0 Å². The fraction of sp³-hybridized carbons (Fsp3) is 0.667. The van der Waals surface area contributed by atoms with E-state index in [2.05, 4.69) is 0 Å². The van der Waals surface area contributed by atoms with Crippen molar-refractivity contribution in [2.75, 3.05) is 0 Å². The van der Waals surface area contributed by atoms with Crippen molar-refractivity contribution < 1.29 is 18.1 Å². The van der Waals surface area contributed by atoms with E-state index in [-0.39, 0.29) is 10.2 Å². The Balaban J connectivity index is 4.06. The van der Waals surface area contributed by atoms with Crippen molar-refractivity contribution in [1.82, 2.24) is 5.34 Å². The summed E-state index contributed by atoms with van der Waals surface area (Å²) in [4.78, 5) is 10.0. The number of nitrogens with zero attached hydrogens (tertiary/aromatic N) is 1. The van der Waals surface area contributed by atoms with Crippen molar-refractivity contribution in [2.45, 2.75) is 12.2 Å². The summed E-state index contributed by atoms with van der Waals surface area (Å²) in [5.74, 6) is -1.77. The highest BCUT2D eigenvalue weighted by atomic mass is 28.1. The predicted molar refractivity (Wildman–Crippen MR) is 28.5 cm³/mol. The summed E-state index contributed by atoms with van der Waals surface area (Å²) in [7, 11) is -0.228. The molecule has 0 heterocycles. The van der Waals surface area contributed by atoms with Crippen LogP contribution in [0, 0.1) is 0 Å². The highest BCUT2D eigenvalue weighted by Crippen LogP contribution is 2.09. The third kappa shape index (κ3) is 2.50. The summed E-state index contributed by atoms with van der Waals surface area (Å²) < 4.78 is 34.6. The minimum Gasteiger partial charge on any atom is -0.266 e. The molecule has 0 aliphatic heterocycles. The monoisotopic (exact) mass is 157 g/mol.